The molecule has 27 heavy (non-hydrogen) atoms. The first-order chi connectivity index (χ1) is 13.2. The van der Waals surface area contributed by atoms with E-state index in [9.17, 15) is 4.79 Å². The molecule has 3 aromatic rings. The van der Waals surface area contributed by atoms with Gasteiger partial charge in [-0.1, -0.05) is 42.8 Å². The van der Waals surface area contributed by atoms with Gasteiger partial charge in [-0.3, -0.25) is 9.69 Å². The van der Waals surface area contributed by atoms with Crippen LogP contribution in [0.1, 0.15) is 44.3 Å². The molecule has 9 heteroatoms. The molecule has 2 heterocycles. The number of benzene rings is 1. The number of nitrogens with zero attached hydrogens (tertiary/aromatic N) is 6. The third-order valence-electron chi connectivity index (χ3n) is 4.54. The van der Waals surface area contributed by atoms with Crippen LogP contribution in [-0.4, -0.2) is 31.1 Å². The molecule has 4 rings (SSSR count). The van der Waals surface area contributed by atoms with Crippen LogP contribution in [0.5, 0.6) is 0 Å². The molecule has 0 saturated heterocycles. The Morgan fingerprint density at radius 2 is 2.07 bits per heavy atom. The third-order valence-corrected chi connectivity index (χ3v) is 6.38. The Bertz CT molecular complexity index is 903. The van der Waals surface area contributed by atoms with Crippen LogP contribution in [0.4, 0.5) is 10.8 Å². The van der Waals surface area contributed by atoms with E-state index in [-0.39, 0.29) is 5.91 Å². The van der Waals surface area contributed by atoms with Crippen LogP contribution in [0, 0.1) is 0 Å². The molecule has 0 spiro atoms. The summed E-state index contributed by atoms with van der Waals surface area (Å²) in [6, 6.07) is 10.00. The Kier molecular flexibility index (Phi) is 5.49. The zero-order chi connectivity index (χ0) is 18.6. The van der Waals surface area contributed by atoms with Gasteiger partial charge in [0.05, 0.1) is 17.4 Å². The predicted octanol–water partition coefficient (Wildman–Crippen LogP) is 4.22. The smallest absolute Gasteiger partial charge is 0.230 e. The molecule has 1 aliphatic rings. The van der Waals surface area contributed by atoms with Crippen molar-refractivity contribution in [2.24, 2.45) is 0 Å². The van der Waals surface area contributed by atoms with Crippen molar-refractivity contribution in [2.75, 3.05) is 4.90 Å². The number of rotatable bonds is 6. The first kappa shape index (κ1) is 18.1. The first-order valence-electron chi connectivity index (χ1n) is 8.93. The summed E-state index contributed by atoms with van der Waals surface area (Å²) in [6.45, 7) is 1.55. The van der Waals surface area contributed by atoms with Gasteiger partial charge in [-0.2, -0.15) is 0 Å². The zero-order valence-corrected chi connectivity index (χ0v) is 16.6. The van der Waals surface area contributed by atoms with Crippen LogP contribution < -0.4 is 4.90 Å². The fourth-order valence-corrected chi connectivity index (χ4v) is 5.10. The van der Waals surface area contributed by atoms with Crippen molar-refractivity contribution in [3.05, 3.63) is 41.4 Å². The second kappa shape index (κ2) is 8.18. The molecule has 0 N–H and O–H groups in total. The summed E-state index contributed by atoms with van der Waals surface area (Å²) in [4.78, 5) is 18.4. The van der Waals surface area contributed by atoms with Gasteiger partial charge in [0.1, 0.15) is 0 Å². The van der Waals surface area contributed by atoms with Crippen molar-refractivity contribution in [3.8, 4) is 0 Å². The number of anilines is 2. The van der Waals surface area contributed by atoms with Crippen LogP contribution in [0.15, 0.2) is 40.9 Å². The third kappa shape index (κ3) is 4.03. The quantitative estimate of drug-likeness (QED) is 0.577. The second-order valence-electron chi connectivity index (χ2n) is 6.44. The summed E-state index contributed by atoms with van der Waals surface area (Å²) in [6.07, 6.45) is 4.77. The summed E-state index contributed by atoms with van der Waals surface area (Å²) in [7, 11) is 0. The minimum atomic E-state index is -0.0556. The van der Waals surface area contributed by atoms with Crippen molar-refractivity contribution < 1.29 is 4.79 Å². The van der Waals surface area contributed by atoms with E-state index in [4.69, 9.17) is 0 Å². The molecule has 0 aliphatic heterocycles. The topological polar surface area (TPSA) is 76.8 Å². The maximum absolute atomic E-state index is 12.1. The minimum absolute atomic E-state index is 0.0556. The molecule has 1 aliphatic carbocycles. The van der Waals surface area contributed by atoms with Gasteiger partial charge >= 0.3 is 0 Å². The molecule has 1 saturated carbocycles. The number of carbonyl (C=O) groups is 1. The Hall–Kier alpha value is -2.26. The Balaban J connectivity index is 1.47. The monoisotopic (exact) mass is 400 g/mol. The number of thioether (sulfide) groups is 1. The van der Waals surface area contributed by atoms with Gasteiger partial charge in [0.2, 0.25) is 11.1 Å². The summed E-state index contributed by atoms with van der Waals surface area (Å²) in [5.74, 6) is 0.615. The van der Waals surface area contributed by atoms with Crippen molar-refractivity contribution in [1.29, 1.82) is 0 Å². The van der Waals surface area contributed by atoms with Crippen LogP contribution in [0.2, 0.25) is 0 Å². The highest BCUT2D eigenvalue weighted by Gasteiger charge is 2.22. The number of carbonyl (C=O) groups excluding carboxylic acids is 1. The molecule has 0 radical (unpaired) electrons. The van der Waals surface area contributed by atoms with E-state index in [1.165, 1.54) is 24.2 Å². The molecule has 0 bridgehead atoms. The van der Waals surface area contributed by atoms with E-state index in [1.54, 1.807) is 23.6 Å². The summed E-state index contributed by atoms with van der Waals surface area (Å²) in [5.41, 5.74) is 1.74. The molecule has 1 amide bonds. The highest BCUT2D eigenvalue weighted by atomic mass is 32.2. The number of hydrogen-bond donors (Lipinski definition) is 0. The minimum Gasteiger partial charge on any atom is -0.274 e. The molecule has 0 atom stereocenters. The van der Waals surface area contributed by atoms with Gasteiger partial charge in [0.15, 0.2) is 5.13 Å². The van der Waals surface area contributed by atoms with Crippen LogP contribution in [-0.2, 0) is 10.5 Å². The molecular weight excluding hydrogens is 380 g/mol. The number of amides is 1. The van der Waals surface area contributed by atoms with E-state index < -0.39 is 0 Å². The van der Waals surface area contributed by atoms with Crippen molar-refractivity contribution >= 4 is 39.8 Å². The summed E-state index contributed by atoms with van der Waals surface area (Å²) in [5, 5.41) is 15.7. The molecular formula is C18H20N6OS2. The number of para-hydroxylation sites is 1. The predicted molar refractivity (Wildman–Crippen MR) is 106 cm³/mol. The Morgan fingerprint density at radius 1 is 1.30 bits per heavy atom. The fraction of sp³-hybridized carbons (Fsp3) is 0.389. The highest BCUT2D eigenvalue weighted by molar-refractivity contribution is 7.98. The molecule has 1 fully saturated rings. The first-order valence-corrected chi connectivity index (χ1v) is 10.8. The average molecular weight is 401 g/mol. The standard InChI is InChI=1S/C18H20N6OS2/c1-13(25)23(15-7-3-2-4-8-15)17-19-14(11-26-17)12-27-18-20-21-22-24(18)16-9-5-6-10-16/h2-4,7-8,11,16H,5-6,9-10,12H2,1H3. The number of thiazole rings is 1. The molecule has 7 nitrogen and oxygen atoms in total. The van der Waals surface area contributed by atoms with Gasteiger partial charge in [0, 0.05) is 18.1 Å². The van der Waals surface area contributed by atoms with Gasteiger partial charge < -0.3 is 0 Å². The lowest BCUT2D eigenvalue weighted by Gasteiger charge is -2.17. The van der Waals surface area contributed by atoms with Crippen molar-refractivity contribution in [2.45, 2.75) is 49.6 Å². The normalized spacial score (nSPS) is 14.6. The lowest BCUT2D eigenvalue weighted by atomic mass is 10.3. The lowest BCUT2D eigenvalue weighted by Crippen LogP contribution is -2.22. The molecule has 140 valence electrons. The maximum atomic E-state index is 12.1. The molecule has 2 aromatic heterocycles. The number of tetrazole rings is 1. The number of aromatic nitrogens is 5. The SMILES string of the molecule is CC(=O)N(c1ccccc1)c1nc(CSc2nnnn2C2CCCC2)cs1. The fourth-order valence-electron chi connectivity index (χ4n) is 3.27. The average Bonchev–Trinajstić information content (AvgIpc) is 3.42. The Morgan fingerprint density at radius 3 is 2.81 bits per heavy atom. The second-order valence-corrected chi connectivity index (χ2v) is 8.22. The molecule has 0 unspecified atom stereocenters. The lowest BCUT2D eigenvalue weighted by molar-refractivity contribution is -0.115. The van der Waals surface area contributed by atoms with E-state index in [0.29, 0.717) is 16.9 Å². The van der Waals surface area contributed by atoms with Gasteiger partial charge in [-0.05, 0) is 35.4 Å². The van der Waals surface area contributed by atoms with E-state index in [0.717, 1.165) is 29.4 Å². The summed E-state index contributed by atoms with van der Waals surface area (Å²) >= 11 is 3.06. The largest absolute Gasteiger partial charge is 0.274 e. The van der Waals surface area contributed by atoms with Crippen LogP contribution in [0.3, 0.4) is 0 Å². The van der Waals surface area contributed by atoms with Crippen molar-refractivity contribution in [3.63, 3.8) is 0 Å². The van der Waals surface area contributed by atoms with Crippen LogP contribution in [0.25, 0.3) is 0 Å². The maximum Gasteiger partial charge on any atom is 0.230 e. The van der Waals surface area contributed by atoms with Crippen LogP contribution >= 0.6 is 23.1 Å². The van der Waals surface area contributed by atoms with E-state index >= 15 is 0 Å². The van der Waals surface area contributed by atoms with Gasteiger partial charge in [0.25, 0.3) is 0 Å². The van der Waals surface area contributed by atoms with E-state index in [1.807, 2.05) is 40.4 Å². The van der Waals surface area contributed by atoms with Gasteiger partial charge in [-0.25, -0.2) is 9.67 Å². The summed E-state index contributed by atoms with van der Waals surface area (Å²) < 4.78 is 1.96. The molecule has 1 aromatic carbocycles. The highest BCUT2D eigenvalue weighted by Crippen LogP contribution is 2.33. The number of hydrogen-bond acceptors (Lipinski definition) is 7. The van der Waals surface area contributed by atoms with E-state index in [2.05, 4.69) is 20.5 Å². The Labute approximate surface area is 165 Å². The zero-order valence-electron chi connectivity index (χ0n) is 15.0. The van der Waals surface area contributed by atoms with Gasteiger partial charge in [-0.15, -0.1) is 16.4 Å². The van der Waals surface area contributed by atoms with Crippen molar-refractivity contribution in [1.82, 2.24) is 25.2 Å².